The van der Waals surface area contributed by atoms with Gasteiger partial charge in [0.25, 0.3) is 11.8 Å². The highest BCUT2D eigenvalue weighted by atomic mass is 16.2. The number of aromatic nitrogens is 1. The molecule has 1 aromatic carbocycles. The van der Waals surface area contributed by atoms with Gasteiger partial charge in [0.1, 0.15) is 5.54 Å². The van der Waals surface area contributed by atoms with Gasteiger partial charge in [0.2, 0.25) is 0 Å². The van der Waals surface area contributed by atoms with E-state index in [0.717, 1.165) is 12.8 Å². The number of urea groups is 1. The van der Waals surface area contributed by atoms with Crippen molar-refractivity contribution < 1.29 is 14.4 Å². The molecule has 0 saturated carbocycles. The number of carbonyl (C=O) groups excluding carboxylic acids is 3. The smallest absolute Gasteiger partial charge is 0.325 e. The Morgan fingerprint density at radius 1 is 1.12 bits per heavy atom. The molecule has 4 rings (SSSR count). The van der Waals surface area contributed by atoms with Crippen LogP contribution in [-0.4, -0.2) is 57.8 Å². The Bertz CT molecular complexity index is 1090. The number of piperidine rings is 1. The summed E-state index contributed by atoms with van der Waals surface area (Å²) in [5.41, 5.74) is 0.870. The number of hydrogen-bond acceptors (Lipinski definition) is 4. The molecule has 176 valence electrons. The maximum absolute atomic E-state index is 13.6. The fraction of sp³-hybridized carbons (Fsp3) is 0.407. The fourth-order valence-electron chi connectivity index (χ4n) is 5.07. The van der Waals surface area contributed by atoms with Gasteiger partial charge in [-0.2, -0.15) is 0 Å². The lowest BCUT2D eigenvalue weighted by atomic mass is 9.74. The molecule has 2 aliphatic heterocycles. The van der Waals surface area contributed by atoms with Crippen LogP contribution in [0.1, 0.15) is 48.5 Å². The van der Waals surface area contributed by atoms with Crippen molar-refractivity contribution >= 4 is 17.8 Å². The summed E-state index contributed by atoms with van der Waals surface area (Å²) in [4.78, 5) is 46.3. The van der Waals surface area contributed by atoms with Gasteiger partial charge in [-0.15, -0.1) is 5.92 Å². The van der Waals surface area contributed by atoms with E-state index in [1.54, 1.807) is 31.5 Å². The number of carbonyl (C=O) groups is 3. The minimum atomic E-state index is -0.951. The highest BCUT2D eigenvalue weighted by Crippen LogP contribution is 2.37. The standard InChI is InChI=1S/C27H30N4O3/c1-2-3-18-31-25(33)27(29-26(31)34,15-7-10-21-8-5-4-6-9-21)23-13-19-30(20-14-23)24(32)22-11-16-28-17-12-22/h4-6,8-9,11-12,16-17,23H,7,10,13-15,18-20H2,1H3,(H,29,34). The molecule has 0 aliphatic carbocycles. The Kier molecular flexibility index (Phi) is 7.27. The molecule has 2 saturated heterocycles. The first kappa shape index (κ1) is 23.5. The summed E-state index contributed by atoms with van der Waals surface area (Å²) in [5, 5.41) is 3.07. The first-order chi connectivity index (χ1) is 16.5. The van der Waals surface area contributed by atoms with Crippen molar-refractivity contribution in [3.05, 3.63) is 66.0 Å². The van der Waals surface area contributed by atoms with Crippen molar-refractivity contribution in [3.8, 4) is 11.8 Å². The molecule has 1 unspecified atom stereocenters. The van der Waals surface area contributed by atoms with E-state index in [4.69, 9.17) is 0 Å². The Hall–Kier alpha value is -3.66. The lowest BCUT2D eigenvalue weighted by Gasteiger charge is -2.41. The van der Waals surface area contributed by atoms with Crippen molar-refractivity contribution in [1.29, 1.82) is 0 Å². The van der Waals surface area contributed by atoms with Crippen LogP contribution in [-0.2, 0) is 11.2 Å². The van der Waals surface area contributed by atoms with E-state index in [1.807, 2.05) is 23.1 Å². The number of rotatable bonds is 7. The van der Waals surface area contributed by atoms with Crippen molar-refractivity contribution in [3.63, 3.8) is 0 Å². The Balaban J connectivity index is 1.49. The van der Waals surface area contributed by atoms with Gasteiger partial charge < -0.3 is 10.2 Å². The lowest BCUT2D eigenvalue weighted by molar-refractivity contribution is -0.133. The molecule has 7 heteroatoms. The summed E-state index contributed by atoms with van der Waals surface area (Å²) in [6.07, 6.45) is 6.71. The second-order valence-electron chi connectivity index (χ2n) is 8.86. The third-order valence-corrected chi connectivity index (χ3v) is 6.90. The van der Waals surface area contributed by atoms with E-state index in [0.29, 0.717) is 37.9 Å². The molecule has 34 heavy (non-hydrogen) atoms. The molecule has 0 radical (unpaired) electrons. The Labute approximate surface area is 200 Å². The highest BCUT2D eigenvalue weighted by Gasteiger charge is 2.55. The number of nitrogens with zero attached hydrogens (tertiary/aromatic N) is 3. The number of hydrogen-bond donors (Lipinski definition) is 1. The van der Waals surface area contributed by atoms with E-state index in [2.05, 4.69) is 34.3 Å². The van der Waals surface area contributed by atoms with Gasteiger partial charge in [-0.05, 0) is 62.6 Å². The summed E-state index contributed by atoms with van der Waals surface area (Å²) in [7, 11) is 0. The van der Waals surface area contributed by atoms with Crippen LogP contribution in [0.5, 0.6) is 0 Å². The number of likely N-dealkylation sites (tertiary alicyclic amines) is 1. The van der Waals surface area contributed by atoms with E-state index in [9.17, 15) is 14.4 Å². The molecule has 1 aromatic heterocycles. The van der Waals surface area contributed by atoms with Crippen LogP contribution >= 0.6 is 0 Å². The molecule has 1 atom stereocenters. The molecule has 2 aromatic rings. The summed E-state index contributed by atoms with van der Waals surface area (Å²) < 4.78 is 0. The normalized spacial score (nSPS) is 20.6. The highest BCUT2D eigenvalue weighted by molar-refractivity contribution is 6.07. The second kappa shape index (κ2) is 10.5. The van der Waals surface area contributed by atoms with Gasteiger partial charge >= 0.3 is 6.03 Å². The van der Waals surface area contributed by atoms with E-state index in [1.165, 1.54) is 10.5 Å². The van der Waals surface area contributed by atoms with Crippen LogP contribution in [0.2, 0.25) is 0 Å². The molecule has 2 fully saturated rings. The van der Waals surface area contributed by atoms with Gasteiger partial charge in [-0.3, -0.25) is 19.5 Å². The first-order valence-electron chi connectivity index (χ1n) is 11.8. The number of amides is 4. The van der Waals surface area contributed by atoms with Crippen molar-refractivity contribution in [2.75, 3.05) is 19.6 Å². The molecule has 0 spiro atoms. The van der Waals surface area contributed by atoms with Crippen LogP contribution < -0.4 is 5.32 Å². The van der Waals surface area contributed by atoms with Crippen LogP contribution in [0.3, 0.4) is 0 Å². The summed E-state index contributed by atoms with van der Waals surface area (Å²) in [5.74, 6) is 5.36. The number of benzene rings is 1. The zero-order valence-corrected chi connectivity index (χ0v) is 19.5. The molecule has 3 heterocycles. The van der Waals surface area contributed by atoms with Crippen LogP contribution in [0.15, 0.2) is 54.9 Å². The Morgan fingerprint density at radius 3 is 2.50 bits per heavy atom. The van der Waals surface area contributed by atoms with E-state index >= 15 is 0 Å². The van der Waals surface area contributed by atoms with E-state index in [-0.39, 0.29) is 30.3 Å². The van der Waals surface area contributed by atoms with Crippen LogP contribution in [0, 0.1) is 17.8 Å². The SMILES string of the molecule is CC#CCN1C(=O)NC(CCCc2ccccc2)(C2CCN(C(=O)c3ccncc3)CC2)C1=O. The molecule has 2 aliphatic rings. The minimum absolute atomic E-state index is 0.0272. The second-order valence-corrected chi connectivity index (χ2v) is 8.86. The Morgan fingerprint density at radius 2 is 1.82 bits per heavy atom. The van der Waals surface area contributed by atoms with Crippen LogP contribution in [0.4, 0.5) is 4.79 Å². The van der Waals surface area contributed by atoms with Crippen molar-refractivity contribution in [2.24, 2.45) is 5.92 Å². The zero-order chi connectivity index (χ0) is 24.0. The fourth-order valence-corrected chi connectivity index (χ4v) is 5.07. The third kappa shape index (κ3) is 4.81. The number of pyridine rings is 1. The largest absolute Gasteiger partial charge is 0.339 e. The molecule has 4 amide bonds. The molecule has 0 bridgehead atoms. The monoisotopic (exact) mass is 458 g/mol. The summed E-state index contributed by atoms with van der Waals surface area (Å²) in [6.45, 7) is 2.89. The van der Waals surface area contributed by atoms with Crippen LogP contribution in [0.25, 0.3) is 0 Å². The van der Waals surface area contributed by atoms with Crippen molar-refractivity contribution in [2.45, 2.75) is 44.6 Å². The first-order valence-corrected chi connectivity index (χ1v) is 11.8. The predicted molar refractivity (Wildman–Crippen MR) is 129 cm³/mol. The summed E-state index contributed by atoms with van der Waals surface area (Å²) >= 11 is 0. The number of nitrogens with one attached hydrogen (secondary N) is 1. The number of imide groups is 1. The quantitative estimate of drug-likeness (QED) is 0.510. The maximum atomic E-state index is 13.6. The predicted octanol–water partition coefficient (Wildman–Crippen LogP) is 3.27. The van der Waals surface area contributed by atoms with Gasteiger partial charge in [-0.25, -0.2) is 4.79 Å². The zero-order valence-electron chi connectivity index (χ0n) is 19.5. The molecular formula is C27H30N4O3. The van der Waals surface area contributed by atoms with Gasteiger partial charge in [0.15, 0.2) is 0 Å². The maximum Gasteiger partial charge on any atom is 0.325 e. The van der Waals surface area contributed by atoms with Crippen molar-refractivity contribution in [1.82, 2.24) is 20.1 Å². The third-order valence-electron chi connectivity index (χ3n) is 6.90. The van der Waals surface area contributed by atoms with Gasteiger partial charge in [0, 0.05) is 31.0 Å². The van der Waals surface area contributed by atoms with Gasteiger partial charge in [-0.1, -0.05) is 36.3 Å². The number of aryl methyl sites for hydroxylation is 1. The molecule has 1 N–H and O–H groups in total. The average molecular weight is 459 g/mol. The lowest BCUT2D eigenvalue weighted by Crippen LogP contribution is -2.56. The minimum Gasteiger partial charge on any atom is -0.339 e. The van der Waals surface area contributed by atoms with Gasteiger partial charge in [0.05, 0.1) is 6.54 Å². The average Bonchev–Trinajstić information content (AvgIpc) is 3.13. The summed E-state index contributed by atoms with van der Waals surface area (Å²) in [6, 6.07) is 13.2. The molecule has 7 nitrogen and oxygen atoms in total. The topological polar surface area (TPSA) is 82.6 Å². The van der Waals surface area contributed by atoms with E-state index < -0.39 is 5.54 Å². The molecular weight excluding hydrogens is 428 g/mol.